The molecular weight excluding hydrogens is 643 g/mol. The summed E-state index contributed by atoms with van der Waals surface area (Å²) in [5.74, 6) is -2.04. The van der Waals surface area contributed by atoms with E-state index in [0.717, 1.165) is 23.1 Å². The number of phenolic OH excluding ortho intramolecular Hbond substituents is 1. The van der Waals surface area contributed by atoms with Crippen molar-refractivity contribution in [1.82, 2.24) is 5.32 Å². The highest BCUT2D eigenvalue weighted by atomic mass is 127. The monoisotopic (exact) mass is 660 g/mol. The molecule has 0 radical (unpaired) electrons. The molecule has 0 unspecified atom stereocenters. The number of nitro benzene ring substituents is 2. The van der Waals surface area contributed by atoms with Gasteiger partial charge in [-0.3, -0.25) is 35.1 Å². The Labute approximate surface area is 238 Å². The lowest BCUT2D eigenvalue weighted by molar-refractivity contribution is -0.394. The standard InChI is InChI=1S/C25H17IN4O10/c1-2-39-21-11-13(9-17-23(32)27-25(34)28(24(17)33)14-3-6-16(31)7-4-14)10-18(26)22(21)40-20-8-5-15(29(35)36)12-19(20)30(37)38/h3-12,31H,2H2,1H3,(H,27,32,34)/b17-9+. The zero-order chi connectivity index (χ0) is 29.1. The van der Waals surface area contributed by atoms with Crippen molar-refractivity contribution in [3.63, 3.8) is 0 Å². The first-order valence-corrected chi connectivity index (χ1v) is 12.4. The van der Waals surface area contributed by atoms with Crippen LogP contribution in [0, 0.1) is 23.8 Å². The Morgan fingerprint density at radius 2 is 1.70 bits per heavy atom. The van der Waals surface area contributed by atoms with Gasteiger partial charge in [0.15, 0.2) is 11.5 Å². The average molecular weight is 660 g/mol. The first-order chi connectivity index (χ1) is 19.0. The number of hydrogen-bond donors (Lipinski definition) is 2. The minimum atomic E-state index is -0.962. The number of urea groups is 1. The number of carbonyl (C=O) groups is 3. The maximum Gasteiger partial charge on any atom is 0.335 e. The third-order valence-electron chi connectivity index (χ3n) is 5.41. The normalized spacial score (nSPS) is 14.2. The lowest BCUT2D eigenvalue weighted by Crippen LogP contribution is -2.54. The second kappa shape index (κ2) is 11.4. The third kappa shape index (κ3) is 5.68. The van der Waals surface area contributed by atoms with E-state index in [0.29, 0.717) is 9.13 Å². The molecule has 0 saturated carbocycles. The van der Waals surface area contributed by atoms with Crippen molar-refractivity contribution in [1.29, 1.82) is 0 Å². The van der Waals surface area contributed by atoms with Crippen LogP contribution in [0.25, 0.3) is 6.08 Å². The number of hydrogen-bond acceptors (Lipinski definition) is 10. The van der Waals surface area contributed by atoms with E-state index in [1.165, 1.54) is 42.5 Å². The summed E-state index contributed by atoms with van der Waals surface area (Å²) in [7, 11) is 0. The first kappa shape index (κ1) is 28.0. The Morgan fingerprint density at radius 3 is 2.33 bits per heavy atom. The molecule has 14 nitrogen and oxygen atoms in total. The lowest BCUT2D eigenvalue weighted by Gasteiger charge is -2.26. The highest BCUT2D eigenvalue weighted by molar-refractivity contribution is 14.1. The molecule has 0 aromatic heterocycles. The fraction of sp³-hybridized carbons (Fsp3) is 0.0800. The fourth-order valence-electron chi connectivity index (χ4n) is 3.65. The summed E-state index contributed by atoms with van der Waals surface area (Å²) in [5.41, 5.74) is -1.07. The van der Waals surface area contributed by atoms with Gasteiger partial charge in [-0.2, -0.15) is 0 Å². The Kier molecular flexibility index (Phi) is 7.94. The van der Waals surface area contributed by atoms with Crippen LogP contribution in [0.4, 0.5) is 21.9 Å². The first-order valence-electron chi connectivity index (χ1n) is 11.3. The third-order valence-corrected chi connectivity index (χ3v) is 6.22. The number of nitrogens with zero attached hydrogens (tertiary/aromatic N) is 3. The van der Waals surface area contributed by atoms with E-state index >= 15 is 0 Å². The molecular formula is C25H17IN4O10. The molecule has 1 heterocycles. The van der Waals surface area contributed by atoms with Gasteiger partial charge in [0.2, 0.25) is 5.75 Å². The number of halogens is 1. The number of barbiturate groups is 1. The Morgan fingerprint density at radius 1 is 1.00 bits per heavy atom. The number of anilines is 1. The van der Waals surface area contributed by atoms with Gasteiger partial charge in [-0.25, -0.2) is 9.69 Å². The summed E-state index contributed by atoms with van der Waals surface area (Å²) in [5, 5.41) is 34.2. The molecule has 1 fully saturated rings. The van der Waals surface area contributed by atoms with Crippen LogP contribution < -0.4 is 19.7 Å². The Balaban J connectivity index is 1.74. The number of phenols is 1. The van der Waals surface area contributed by atoms with Crippen molar-refractivity contribution in [3.05, 3.63) is 89.5 Å². The van der Waals surface area contributed by atoms with Crippen LogP contribution in [0.2, 0.25) is 0 Å². The minimum Gasteiger partial charge on any atom is -0.508 e. The van der Waals surface area contributed by atoms with E-state index in [1.54, 1.807) is 6.92 Å². The van der Waals surface area contributed by atoms with E-state index in [1.807, 2.05) is 22.6 Å². The molecule has 1 aliphatic heterocycles. The molecule has 3 aromatic rings. The van der Waals surface area contributed by atoms with Crippen molar-refractivity contribution >= 4 is 63.6 Å². The van der Waals surface area contributed by atoms with E-state index in [2.05, 4.69) is 5.32 Å². The van der Waals surface area contributed by atoms with Gasteiger partial charge in [0.05, 0.1) is 31.8 Å². The molecule has 1 aliphatic rings. The van der Waals surface area contributed by atoms with Crippen LogP contribution in [0.1, 0.15) is 12.5 Å². The van der Waals surface area contributed by atoms with Crippen molar-refractivity contribution < 1.29 is 38.8 Å². The number of nitro groups is 2. The van der Waals surface area contributed by atoms with Crippen LogP contribution in [0.5, 0.6) is 23.0 Å². The predicted octanol–water partition coefficient (Wildman–Crippen LogP) is 4.67. The van der Waals surface area contributed by atoms with Gasteiger partial charge in [0.1, 0.15) is 11.3 Å². The van der Waals surface area contributed by atoms with Crippen LogP contribution in [-0.2, 0) is 9.59 Å². The molecule has 15 heteroatoms. The summed E-state index contributed by atoms with van der Waals surface area (Å²) in [6.07, 6.45) is 1.24. The average Bonchev–Trinajstić information content (AvgIpc) is 2.89. The number of imide groups is 2. The Bertz CT molecular complexity index is 1600. The van der Waals surface area contributed by atoms with Gasteiger partial charge in [0.25, 0.3) is 17.5 Å². The van der Waals surface area contributed by atoms with Gasteiger partial charge in [0, 0.05) is 6.07 Å². The van der Waals surface area contributed by atoms with Crippen molar-refractivity contribution in [2.45, 2.75) is 6.92 Å². The molecule has 0 spiro atoms. The zero-order valence-corrected chi connectivity index (χ0v) is 22.5. The SMILES string of the molecule is CCOc1cc(/C=C2\C(=O)NC(=O)N(c3ccc(O)cc3)C2=O)cc(I)c1Oc1ccc([N+](=O)[O-])cc1[N+](=O)[O-]. The molecule has 2 N–H and O–H groups in total. The Hall–Kier alpha value is -5.06. The quantitative estimate of drug-likeness (QED) is 0.113. The maximum absolute atomic E-state index is 13.2. The molecule has 4 rings (SSSR count). The second-order valence-electron chi connectivity index (χ2n) is 8.01. The van der Waals surface area contributed by atoms with Crippen molar-refractivity contribution in [3.8, 4) is 23.0 Å². The van der Waals surface area contributed by atoms with Crippen molar-refractivity contribution in [2.75, 3.05) is 11.5 Å². The molecule has 0 bridgehead atoms. The number of nitrogens with one attached hydrogen (secondary N) is 1. The number of amides is 4. The topological polar surface area (TPSA) is 191 Å². The number of non-ortho nitro benzene ring substituents is 1. The van der Waals surface area contributed by atoms with E-state index < -0.39 is 39.1 Å². The minimum absolute atomic E-state index is 0.0573. The lowest BCUT2D eigenvalue weighted by atomic mass is 10.1. The maximum atomic E-state index is 13.2. The predicted molar refractivity (Wildman–Crippen MR) is 147 cm³/mol. The molecule has 204 valence electrons. The number of carbonyl (C=O) groups excluding carboxylic acids is 3. The van der Waals surface area contributed by atoms with Gasteiger partial charge >= 0.3 is 11.7 Å². The van der Waals surface area contributed by atoms with Crippen LogP contribution in [0.15, 0.2) is 60.2 Å². The molecule has 0 aliphatic carbocycles. The highest BCUT2D eigenvalue weighted by Crippen LogP contribution is 2.42. The number of ether oxygens (including phenoxy) is 2. The van der Waals surface area contributed by atoms with Gasteiger partial charge in [-0.15, -0.1) is 0 Å². The van der Waals surface area contributed by atoms with Crippen molar-refractivity contribution in [2.24, 2.45) is 0 Å². The summed E-state index contributed by atoms with van der Waals surface area (Å²) in [6, 6.07) is 10.1. The summed E-state index contributed by atoms with van der Waals surface area (Å²) in [6.45, 7) is 1.83. The molecule has 1 saturated heterocycles. The number of benzene rings is 3. The zero-order valence-electron chi connectivity index (χ0n) is 20.3. The van der Waals surface area contributed by atoms with Crippen LogP contribution >= 0.6 is 22.6 Å². The van der Waals surface area contributed by atoms with Gasteiger partial charge < -0.3 is 14.6 Å². The van der Waals surface area contributed by atoms with Crippen LogP contribution in [0.3, 0.4) is 0 Å². The van der Waals surface area contributed by atoms with Crippen LogP contribution in [-0.4, -0.2) is 39.4 Å². The van der Waals surface area contributed by atoms with E-state index in [4.69, 9.17) is 9.47 Å². The summed E-state index contributed by atoms with van der Waals surface area (Å²) in [4.78, 5) is 59.9. The largest absolute Gasteiger partial charge is 0.508 e. The molecule has 4 amide bonds. The highest BCUT2D eigenvalue weighted by Gasteiger charge is 2.37. The smallest absolute Gasteiger partial charge is 0.335 e. The van der Waals surface area contributed by atoms with Gasteiger partial charge in [-0.05, 0) is 83.6 Å². The molecule has 3 aromatic carbocycles. The second-order valence-corrected chi connectivity index (χ2v) is 9.17. The van der Waals surface area contributed by atoms with Gasteiger partial charge in [-0.1, -0.05) is 0 Å². The number of aromatic hydroxyl groups is 1. The van der Waals surface area contributed by atoms with E-state index in [-0.39, 0.29) is 40.9 Å². The fourth-order valence-corrected chi connectivity index (χ4v) is 4.39. The summed E-state index contributed by atoms with van der Waals surface area (Å²) < 4.78 is 11.8. The molecule has 0 atom stereocenters. The van der Waals surface area contributed by atoms with E-state index in [9.17, 15) is 39.7 Å². The summed E-state index contributed by atoms with van der Waals surface area (Å²) >= 11 is 1.86. The molecule has 40 heavy (non-hydrogen) atoms. The number of rotatable bonds is 8.